The summed E-state index contributed by atoms with van der Waals surface area (Å²) in [4.78, 5) is 51.9. The van der Waals surface area contributed by atoms with Crippen LogP contribution in [0.2, 0.25) is 0 Å². The van der Waals surface area contributed by atoms with E-state index in [2.05, 4.69) is 17.5 Å². The smallest absolute Gasteiger partial charge is 0.327 e. The van der Waals surface area contributed by atoms with Crippen LogP contribution in [-0.4, -0.2) is 25.9 Å². The molecule has 0 aromatic carbocycles. The normalized spacial score (nSPS) is 12.1. The Balaban J connectivity index is 2.99. The van der Waals surface area contributed by atoms with Gasteiger partial charge in [-0.15, -0.1) is 0 Å². The van der Waals surface area contributed by atoms with Gasteiger partial charge in [-0.1, -0.05) is 11.7 Å². The highest BCUT2D eigenvalue weighted by atomic mass is 32.1. The first-order chi connectivity index (χ1) is 7.40. The largest absolute Gasteiger partial charge is 0.367 e. The van der Waals surface area contributed by atoms with Gasteiger partial charge in [-0.3, -0.25) is 9.97 Å². The third-order valence-electron chi connectivity index (χ3n) is 1.47. The highest BCUT2D eigenvalue weighted by Crippen LogP contribution is 1.98. The molecule has 0 amide bonds. The Labute approximate surface area is 93.6 Å². The van der Waals surface area contributed by atoms with E-state index in [0.717, 1.165) is 0 Å². The lowest BCUT2D eigenvalue weighted by Gasteiger charge is -2.04. The first-order valence-electron chi connectivity index (χ1n) is 4.25. The molecule has 0 saturated heterocycles. The van der Waals surface area contributed by atoms with E-state index in [0.29, 0.717) is 0 Å². The number of aromatic amines is 2. The van der Waals surface area contributed by atoms with Crippen molar-refractivity contribution >= 4 is 18.6 Å². The van der Waals surface area contributed by atoms with Gasteiger partial charge in [0.1, 0.15) is 0 Å². The molecule has 1 unspecified atom stereocenters. The second-order valence-electron chi connectivity index (χ2n) is 3.00. The molecule has 0 radical (unpaired) electrons. The first-order valence-corrected chi connectivity index (χ1v) is 4.76. The number of nitrogens with zero attached hydrogens (tertiary/aromatic N) is 1. The zero-order valence-corrected chi connectivity index (χ0v) is 9.11. The lowest BCUT2D eigenvalue weighted by molar-refractivity contribution is -0.145. The van der Waals surface area contributed by atoms with Crippen LogP contribution in [0.15, 0.2) is 14.4 Å². The van der Waals surface area contributed by atoms with Gasteiger partial charge in [0.05, 0.1) is 6.42 Å². The lowest BCUT2D eigenvalue weighted by atomic mass is 10.3. The van der Waals surface area contributed by atoms with Crippen molar-refractivity contribution in [1.29, 1.82) is 0 Å². The van der Waals surface area contributed by atoms with Crippen molar-refractivity contribution in [2.75, 3.05) is 0 Å². The highest BCUT2D eigenvalue weighted by Gasteiger charge is 2.11. The van der Waals surface area contributed by atoms with Gasteiger partial charge in [-0.2, -0.15) is 12.6 Å². The maximum Gasteiger partial charge on any atom is 0.367 e. The summed E-state index contributed by atoms with van der Waals surface area (Å²) in [7, 11) is 0. The molecule has 0 aliphatic carbocycles. The molecule has 1 aromatic rings. The molecule has 0 spiro atoms. The van der Waals surface area contributed by atoms with Crippen LogP contribution in [-0.2, 0) is 4.79 Å². The SMILES string of the molecule is CC(S)CC(=O)On1c(=O)[nH]c(=O)[nH]c1=O. The Bertz CT molecular complexity index is 520. The fraction of sp³-hybridized carbons (Fsp3) is 0.429. The first kappa shape index (κ1) is 12.3. The number of H-pyrrole nitrogens is 2. The maximum atomic E-state index is 11.1. The second-order valence-corrected chi connectivity index (χ2v) is 3.88. The van der Waals surface area contributed by atoms with E-state index < -0.39 is 23.0 Å². The van der Waals surface area contributed by atoms with Crippen LogP contribution in [0.3, 0.4) is 0 Å². The molecule has 0 aliphatic heterocycles. The molecule has 9 heteroatoms. The van der Waals surface area contributed by atoms with Gasteiger partial charge < -0.3 is 4.84 Å². The van der Waals surface area contributed by atoms with Gasteiger partial charge in [-0.25, -0.2) is 19.2 Å². The number of aromatic nitrogens is 3. The van der Waals surface area contributed by atoms with E-state index >= 15 is 0 Å². The highest BCUT2D eigenvalue weighted by molar-refractivity contribution is 7.80. The number of hydrogen-bond donors (Lipinski definition) is 3. The van der Waals surface area contributed by atoms with Crippen LogP contribution in [0.25, 0.3) is 0 Å². The monoisotopic (exact) mass is 247 g/mol. The molecule has 1 heterocycles. The number of nitrogens with one attached hydrogen (secondary N) is 2. The van der Waals surface area contributed by atoms with Gasteiger partial charge in [0.2, 0.25) is 0 Å². The quantitative estimate of drug-likeness (QED) is 0.529. The Kier molecular flexibility index (Phi) is 3.72. The van der Waals surface area contributed by atoms with Crippen molar-refractivity contribution in [3.05, 3.63) is 31.5 Å². The van der Waals surface area contributed by atoms with Gasteiger partial charge >= 0.3 is 23.0 Å². The fourth-order valence-corrected chi connectivity index (χ4v) is 1.03. The van der Waals surface area contributed by atoms with E-state index in [1.165, 1.54) is 0 Å². The van der Waals surface area contributed by atoms with Crippen molar-refractivity contribution in [1.82, 2.24) is 14.7 Å². The molecular weight excluding hydrogens is 238 g/mol. The van der Waals surface area contributed by atoms with Crippen LogP contribution in [0.4, 0.5) is 0 Å². The summed E-state index contributed by atoms with van der Waals surface area (Å²) in [5, 5.41) is -0.273. The van der Waals surface area contributed by atoms with Gasteiger partial charge in [0.25, 0.3) is 0 Å². The van der Waals surface area contributed by atoms with Crippen molar-refractivity contribution in [3.63, 3.8) is 0 Å². The second kappa shape index (κ2) is 4.84. The zero-order chi connectivity index (χ0) is 12.3. The third kappa shape index (κ3) is 3.12. The fourth-order valence-electron chi connectivity index (χ4n) is 0.882. The summed E-state index contributed by atoms with van der Waals surface area (Å²) in [5.74, 6) is -0.804. The number of thiol groups is 1. The van der Waals surface area contributed by atoms with Crippen molar-refractivity contribution in [2.45, 2.75) is 18.6 Å². The molecule has 1 atom stereocenters. The van der Waals surface area contributed by atoms with Crippen LogP contribution < -0.4 is 21.9 Å². The molecule has 0 saturated carbocycles. The average Bonchev–Trinajstić information content (AvgIpc) is 2.09. The molecule has 8 nitrogen and oxygen atoms in total. The van der Waals surface area contributed by atoms with E-state index in [1.807, 2.05) is 0 Å². The van der Waals surface area contributed by atoms with Crippen LogP contribution in [0, 0.1) is 0 Å². The van der Waals surface area contributed by atoms with Crippen LogP contribution in [0.1, 0.15) is 13.3 Å². The van der Waals surface area contributed by atoms with E-state index in [4.69, 9.17) is 0 Å². The van der Waals surface area contributed by atoms with Gasteiger partial charge in [-0.05, 0) is 0 Å². The summed E-state index contributed by atoms with van der Waals surface area (Å²) in [6.45, 7) is 1.64. The van der Waals surface area contributed by atoms with Crippen molar-refractivity contribution in [2.24, 2.45) is 0 Å². The Hall–Kier alpha value is -1.77. The lowest BCUT2D eigenvalue weighted by Crippen LogP contribution is -2.47. The summed E-state index contributed by atoms with van der Waals surface area (Å²) >= 11 is 3.94. The summed E-state index contributed by atoms with van der Waals surface area (Å²) in [5.41, 5.74) is -3.20. The Morgan fingerprint density at radius 1 is 1.38 bits per heavy atom. The minimum Gasteiger partial charge on any atom is -0.327 e. The summed E-state index contributed by atoms with van der Waals surface area (Å²) < 4.78 is 0.139. The molecule has 16 heavy (non-hydrogen) atoms. The molecule has 2 N–H and O–H groups in total. The number of hydrogen-bond acceptors (Lipinski definition) is 6. The maximum absolute atomic E-state index is 11.1. The van der Waals surface area contributed by atoms with Crippen LogP contribution >= 0.6 is 12.6 Å². The van der Waals surface area contributed by atoms with Crippen molar-refractivity contribution in [3.8, 4) is 0 Å². The molecule has 1 rings (SSSR count). The van der Waals surface area contributed by atoms with Gasteiger partial charge in [0.15, 0.2) is 0 Å². The molecule has 0 bridgehead atoms. The number of carbonyl (C=O) groups excluding carboxylic acids is 1. The van der Waals surface area contributed by atoms with E-state index in [1.54, 1.807) is 16.9 Å². The summed E-state index contributed by atoms with van der Waals surface area (Å²) in [6.07, 6.45) is -0.0753. The van der Waals surface area contributed by atoms with Crippen LogP contribution in [0.5, 0.6) is 0 Å². The predicted molar refractivity (Wildman–Crippen MR) is 56.6 cm³/mol. The topological polar surface area (TPSA) is 114 Å². The molecular formula is C7H9N3O5S. The minimum absolute atomic E-state index is 0.0753. The number of carbonyl (C=O) groups is 1. The van der Waals surface area contributed by atoms with E-state index in [9.17, 15) is 19.2 Å². The van der Waals surface area contributed by atoms with E-state index in [-0.39, 0.29) is 16.4 Å². The van der Waals surface area contributed by atoms with Gasteiger partial charge in [0, 0.05) is 5.25 Å². The number of rotatable bonds is 3. The standard InChI is InChI=1S/C7H9N3O5S/c1-3(16)2-4(11)15-10-6(13)8-5(12)9-7(10)14/h3,16H,2H2,1H3,(H2,8,9,12,13,14). The predicted octanol–water partition coefficient (Wildman–Crippen LogP) is -2.11. The Morgan fingerprint density at radius 2 is 1.88 bits per heavy atom. The molecule has 88 valence electrons. The average molecular weight is 247 g/mol. The molecule has 0 fully saturated rings. The summed E-state index contributed by atoms with van der Waals surface area (Å²) in [6, 6.07) is 0. The minimum atomic E-state index is -1.12. The molecule has 1 aromatic heterocycles. The van der Waals surface area contributed by atoms with Crippen molar-refractivity contribution < 1.29 is 9.63 Å². The Morgan fingerprint density at radius 3 is 2.31 bits per heavy atom. The molecule has 0 aliphatic rings. The zero-order valence-electron chi connectivity index (χ0n) is 8.22. The third-order valence-corrected chi connectivity index (χ3v) is 1.65.